The molecule has 2 fully saturated rings. The monoisotopic (exact) mass is 274 g/mol. The molecule has 0 bridgehead atoms. The van der Waals surface area contributed by atoms with E-state index in [-0.39, 0.29) is 12.1 Å². The minimum absolute atomic E-state index is 0.135. The maximum Gasteiger partial charge on any atom is 0.320 e. The molecule has 0 aliphatic carbocycles. The molecule has 2 unspecified atom stereocenters. The van der Waals surface area contributed by atoms with Gasteiger partial charge in [-0.1, -0.05) is 12.5 Å². The fraction of sp³-hybridized carbons (Fsp3) is 0.600. The number of anilines is 1. The predicted octanol–water partition coefficient (Wildman–Crippen LogP) is 2.14. The number of hydrogen-bond donors (Lipinski definition) is 2. The average molecular weight is 274 g/mol. The van der Waals surface area contributed by atoms with Crippen LogP contribution in [0.4, 0.5) is 10.6 Å². The Bertz CT molecular complexity index is 491. The largest absolute Gasteiger partial charge is 0.333 e. The van der Waals surface area contributed by atoms with Crippen LogP contribution in [0.5, 0.6) is 0 Å². The summed E-state index contributed by atoms with van der Waals surface area (Å²) >= 11 is 0. The van der Waals surface area contributed by atoms with Crippen molar-refractivity contribution in [3.05, 3.63) is 23.9 Å². The molecule has 0 radical (unpaired) electrons. The Morgan fingerprint density at radius 2 is 2.25 bits per heavy atom. The van der Waals surface area contributed by atoms with Crippen LogP contribution in [-0.2, 0) is 0 Å². The predicted molar refractivity (Wildman–Crippen MR) is 78.7 cm³/mol. The lowest BCUT2D eigenvalue weighted by Crippen LogP contribution is -2.48. The third-order valence-electron chi connectivity index (χ3n) is 4.41. The summed E-state index contributed by atoms with van der Waals surface area (Å²) in [6, 6.07) is 4.49. The number of pyridine rings is 1. The number of nitrogens with one attached hydrogen (secondary N) is 2. The summed E-state index contributed by atoms with van der Waals surface area (Å²) in [7, 11) is 0. The Kier molecular flexibility index (Phi) is 3.87. The molecule has 3 rings (SSSR count). The average Bonchev–Trinajstić information content (AvgIpc) is 2.85. The molecule has 2 N–H and O–H groups in total. The van der Waals surface area contributed by atoms with Crippen LogP contribution >= 0.6 is 0 Å². The molecular weight excluding hydrogens is 252 g/mol. The number of rotatable bonds is 2. The van der Waals surface area contributed by atoms with E-state index in [1.54, 1.807) is 6.20 Å². The van der Waals surface area contributed by atoms with Gasteiger partial charge in [0, 0.05) is 24.8 Å². The highest BCUT2D eigenvalue weighted by Crippen LogP contribution is 2.27. The summed E-state index contributed by atoms with van der Waals surface area (Å²) in [5.74, 6) is 0.642. The van der Waals surface area contributed by atoms with E-state index in [1.165, 1.54) is 25.8 Å². The topological polar surface area (TPSA) is 57.3 Å². The Labute approximate surface area is 119 Å². The minimum atomic E-state index is -0.135. The van der Waals surface area contributed by atoms with Gasteiger partial charge in [0.25, 0.3) is 0 Å². The molecule has 2 aliphatic heterocycles. The lowest BCUT2D eigenvalue weighted by Gasteiger charge is -2.32. The van der Waals surface area contributed by atoms with Crippen molar-refractivity contribution in [1.82, 2.24) is 15.2 Å². The normalized spacial score (nSPS) is 26.1. The molecule has 2 aliphatic rings. The van der Waals surface area contributed by atoms with Crippen LogP contribution in [0.25, 0.3) is 0 Å². The maximum atomic E-state index is 12.1. The third kappa shape index (κ3) is 2.77. The van der Waals surface area contributed by atoms with Crippen LogP contribution in [-0.4, -0.2) is 41.1 Å². The van der Waals surface area contributed by atoms with Crippen LogP contribution in [0.3, 0.4) is 0 Å². The van der Waals surface area contributed by atoms with Crippen LogP contribution in [0.15, 0.2) is 18.3 Å². The summed E-state index contributed by atoms with van der Waals surface area (Å²) in [5.41, 5.74) is 0.980. The van der Waals surface area contributed by atoms with E-state index in [4.69, 9.17) is 0 Å². The zero-order valence-corrected chi connectivity index (χ0v) is 11.9. The van der Waals surface area contributed by atoms with Gasteiger partial charge in [-0.05, 0) is 44.4 Å². The van der Waals surface area contributed by atoms with E-state index in [2.05, 4.69) is 20.5 Å². The van der Waals surface area contributed by atoms with Crippen molar-refractivity contribution >= 4 is 11.8 Å². The summed E-state index contributed by atoms with van der Waals surface area (Å²) in [4.78, 5) is 18.8. The van der Waals surface area contributed by atoms with Gasteiger partial charge < -0.3 is 5.32 Å². The number of hydrogen-bond acceptors (Lipinski definition) is 3. The molecule has 1 aromatic rings. The first-order valence-corrected chi connectivity index (χ1v) is 7.47. The molecule has 20 heavy (non-hydrogen) atoms. The van der Waals surface area contributed by atoms with Gasteiger partial charge in [-0.25, -0.2) is 9.78 Å². The Morgan fingerprint density at radius 1 is 1.35 bits per heavy atom. The Hall–Kier alpha value is -1.62. The second-order valence-corrected chi connectivity index (χ2v) is 5.76. The highest BCUT2D eigenvalue weighted by molar-refractivity contribution is 5.89. The lowest BCUT2D eigenvalue weighted by molar-refractivity contribution is 0.180. The molecular formula is C15H22N4O. The second kappa shape index (κ2) is 5.79. The molecule has 2 saturated heterocycles. The van der Waals surface area contributed by atoms with Gasteiger partial charge in [-0.15, -0.1) is 0 Å². The smallest absolute Gasteiger partial charge is 0.320 e. The van der Waals surface area contributed by atoms with Gasteiger partial charge in [-0.2, -0.15) is 0 Å². The Balaban J connectivity index is 1.58. The second-order valence-electron chi connectivity index (χ2n) is 5.76. The summed E-state index contributed by atoms with van der Waals surface area (Å²) in [6.45, 7) is 4.24. The first-order valence-electron chi connectivity index (χ1n) is 7.47. The number of aryl methyl sites for hydroxylation is 1. The number of amides is 2. The van der Waals surface area contributed by atoms with E-state index < -0.39 is 0 Å². The number of aromatic nitrogens is 1. The van der Waals surface area contributed by atoms with Crippen LogP contribution in [0.1, 0.15) is 31.2 Å². The summed E-state index contributed by atoms with van der Waals surface area (Å²) in [6.07, 6.45) is 6.52. The highest BCUT2D eigenvalue weighted by Gasteiger charge is 2.36. The summed E-state index contributed by atoms with van der Waals surface area (Å²) in [5, 5.41) is 5.97. The molecule has 108 valence electrons. The molecule has 0 saturated carbocycles. The number of fused-ring (bicyclic) bond motifs is 1. The molecule has 1 aromatic heterocycles. The van der Waals surface area contributed by atoms with E-state index in [9.17, 15) is 4.79 Å². The molecule has 0 spiro atoms. The summed E-state index contributed by atoms with van der Waals surface area (Å²) < 4.78 is 0. The van der Waals surface area contributed by atoms with Gasteiger partial charge in [0.1, 0.15) is 5.82 Å². The van der Waals surface area contributed by atoms with Gasteiger partial charge in [0.05, 0.1) is 0 Å². The van der Waals surface area contributed by atoms with Crippen molar-refractivity contribution in [2.45, 2.75) is 44.7 Å². The van der Waals surface area contributed by atoms with Gasteiger partial charge in [0.15, 0.2) is 0 Å². The molecule has 2 amide bonds. The lowest BCUT2D eigenvalue weighted by atomic mass is 9.99. The van der Waals surface area contributed by atoms with Crippen molar-refractivity contribution in [3.63, 3.8) is 0 Å². The zero-order chi connectivity index (χ0) is 13.9. The first-order chi connectivity index (χ1) is 9.74. The number of carbonyl (C=O) groups is 1. The molecule has 2 atom stereocenters. The van der Waals surface area contributed by atoms with Crippen molar-refractivity contribution < 1.29 is 4.79 Å². The maximum absolute atomic E-state index is 12.1. The third-order valence-corrected chi connectivity index (χ3v) is 4.41. The SMILES string of the molecule is Cc1cccnc1NC(=O)NC1CCN2CCCCC12. The fourth-order valence-corrected chi connectivity index (χ4v) is 3.34. The number of carbonyl (C=O) groups excluding carboxylic acids is 1. The minimum Gasteiger partial charge on any atom is -0.333 e. The van der Waals surface area contributed by atoms with Crippen molar-refractivity contribution in [2.24, 2.45) is 0 Å². The van der Waals surface area contributed by atoms with E-state index >= 15 is 0 Å². The fourth-order valence-electron chi connectivity index (χ4n) is 3.34. The van der Waals surface area contributed by atoms with E-state index in [1.807, 2.05) is 19.1 Å². The number of piperidine rings is 1. The standard InChI is InChI=1S/C15H22N4O/c1-11-5-4-8-16-14(11)18-15(20)17-12-7-10-19-9-3-2-6-13(12)19/h4-5,8,12-13H,2-3,6-7,9-10H2,1H3,(H2,16,17,18,20). The van der Waals surface area contributed by atoms with Crippen LogP contribution in [0.2, 0.25) is 0 Å². The van der Waals surface area contributed by atoms with Crippen molar-refractivity contribution in [3.8, 4) is 0 Å². The van der Waals surface area contributed by atoms with E-state index in [0.29, 0.717) is 11.9 Å². The van der Waals surface area contributed by atoms with Crippen LogP contribution in [0, 0.1) is 6.92 Å². The van der Waals surface area contributed by atoms with Gasteiger partial charge in [0.2, 0.25) is 0 Å². The van der Waals surface area contributed by atoms with Gasteiger partial charge in [-0.3, -0.25) is 10.2 Å². The molecule has 5 heteroatoms. The van der Waals surface area contributed by atoms with E-state index in [0.717, 1.165) is 18.5 Å². The van der Waals surface area contributed by atoms with Crippen molar-refractivity contribution in [2.75, 3.05) is 18.4 Å². The van der Waals surface area contributed by atoms with Crippen molar-refractivity contribution in [1.29, 1.82) is 0 Å². The van der Waals surface area contributed by atoms with Gasteiger partial charge >= 0.3 is 6.03 Å². The highest BCUT2D eigenvalue weighted by atomic mass is 16.2. The Morgan fingerprint density at radius 3 is 3.10 bits per heavy atom. The first kappa shape index (κ1) is 13.4. The molecule has 0 aromatic carbocycles. The number of urea groups is 1. The molecule has 5 nitrogen and oxygen atoms in total. The van der Waals surface area contributed by atoms with Crippen LogP contribution < -0.4 is 10.6 Å². The molecule has 3 heterocycles. The zero-order valence-electron chi connectivity index (χ0n) is 11.9. The quantitative estimate of drug-likeness (QED) is 0.868. The number of nitrogens with zero attached hydrogens (tertiary/aromatic N) is 2.